The summed E-state index contributed by atoms with van der Waals surface area (Å²) in [6, 6.07) is 14.1. The van der Waals surface area contributed by atoms with E-state index in [2.05, 4.69) is 44.9 Å². The molecular weight excluding hydrogens is 781 g/mol. The first-order chi connectivity index (χ1) is 29.4. The molecule has 2 fully saturated rings. The second kappa shape index (κ2) is 20.2. The fraction of sp³-hybridized carbons (Fsp3) is 0.511. The number of alkyl carbamates (subject to hydrolysis) is 2. The summed E-state index contributed by atoms with van der Waals surface area (Å²) in [5.74, 6) is 0.984. The van der Waals surface area contributed by atoms with Gasteiger partial charge in [0.1, 0.15) is 23.7 Å². The summed E-state index contributed by atoms with van der Waals surface area (Å²) in [6.45, 7) is 8.85. The van der Waals surface area contributed by atoms with Gasteiger partial charge in [-0.1, -0.05) is 75.7 Å². The Morgan fingerprint density at radius 1 is 0.738 bits per heavy atom. The van der Waals surface area contributed by atoms with E-state index in [-0.39, 0.29) is 41.8 Å². The minimum absolute atomic E-state index is 0.0591. The third kappa shape index (κ3) is 9.91. The number of hydrogen-bond donors (Lipinski definition) is 4. The normalized spacial score (nSPS) is 20.8. The van der Waals surface area contributed by atoms with Crippen LogP contribution in [-0.2, 0) is 28.5 Å². The number of nitrogens with zero attached hydrogens (tertiary/aromatic N) is 4. The predicted molar refractivity (Wildman–Crippen MR) is 229 cm³/mol. The molecule has 0 radical (unpaired) electrons. The number of likely N-dealkylation sites (tertiary alicyclic amines) is 2. The number of rotatable bonds is 16. The molecule has 4 heterocycles. The average molecular weight is 841 g/mol. The van der Waals surface area contributed by atoms with Crippen molar-refractivity contribution in [3.05, 3.63) is 72.6 Å². The van der Waals surface area contributed by atoms with E-state index in [1.165, 1.54) is 21.3 Å². The lowest BCUT2D eigenvalue weighted by molar-refractivity contribution is -0.140. The van der Waals surface area contributed by atoms with Crippen molar-refractivity contribution in [1.82, 2.24) is 40.4 Å². The van der Waals surface area contributed by atoms with Gasteiger partial charge in [-0.3, -0.25) is 9.59 Å². The van der Waals surface area contributed by atoms with E-state index in [0.29, 0.717) is 44.1 Å². The molecule has 16 nitrogen and oxygen atoms in total. The van der Waals surface area contributed by atoms with E-state index in [1.807, 2.05) is 56.9 Å². The highest BCUT2D eigenvalue weighted by atomic mass is 16.5. The maximum Gasteiger partial charge on any atom is 0.407 e. The van der Waals surface area contributed by atoms with Gasteiger partial charge in [0, 0.05) is 32.7 Å². The quantitative estimate of drug-likeness (QED) is 0.0951. The molecule has 4 N–H and O–H groups in total. The van der Waals surface area contributed by atoms with Gasteiger partial charge in [0.15, 0.2) is 0 Å². The van der Waals surface area contributed by atoms with Gasteiger partial charge in [0.25, 0.3) is 0 Å². The number of hydrogen-bond acceptors (Lipinski definition) is 10. The Morgan fingerprint density at radius 2 is 1.26 bits per heavy atom. The molecule has 2 saturated heterocycles. The first-order valence-electron chi connectivity index (χ1n) is 21.1. The Bertz CT molecular complexity index is 2100. The van der Waals surface area contributed by atoms with Crippen molar-refractivity contribution in [2.45, 2.75) is 96.1 Å². The van der Waals surface area contributed by atoms with Gasteiger partial charge in [-0.05, 0) is 60.8 Å². The van der Waals surface area contributed by atoms with Crippen LogP contribution in [0.2, 0.25) is 0 Å². The molecule has 0 aliphatic carbocycles. The largest absolute Gasteiger partial charge is 0.453 e. The van der Waals surface area contributed by atoms with Gasteiger partial charge >= 0.3 is 12.2 Å². The van der Waals surface area contributed by atoms with Gasteiger partial charge < -0.3 is 49.3 Å². The standard InChI is InChI=1S/C45H60N8O8/c1-9-26(3)38(50-44(56)60-7)42(54)52-24-28(25-58-5)21-36(52)41-47-23-34(49-41)32-18-14-30(15-19-32)29-12-16-31(17-13-29)33-22-46-40(48-33)35-20-11-27(4)53(35)43(55)39(37(10-2)59-6)51-45(57)61-8/h12-19,22-23,26-28,35-39H,9-11,20-21,24-25H2,1-8H3,(H,46,48)(H,47,49)(H,50,56)(H,51,57)/t26-,27-,28-,35-,36-,37+,38?,39-/m0/s1. The molecule has 2 aromatic heterocycles. The van der Waals surface area contributed by atoms with E-state index in [0.717, 1.165) is 46.5 Å². The molecule has 328 valence electrons. The van der Waals surface area contributed by atoms with Crippen molar-refractivity contribution in [3.63, 3.8) is 0 Å². The van der Waals surface area contributed by atoms with E-state index in [1.54, 1.807) is 24.4 Å². The fourth-order valence-electron chi connectivity index (χ4n) is 8.64. The number of aromatic nitrogens is 4. The number of aromatic amines is 2. The lowest BCUT2D eigenvalue weighted by Gasteiger charge is -2.34. The van der Waals surface area contributed by atoms with Crippen molar-refractivity contribution in [2.75, 3.05) is 41.6 Å². The van der Waals surface area contributed by atoms with Crippen LogP contribution in [0.4, 0.5) is 9.59 Å². The molecule has 4 aromatic rings. The van der Waals surface area contributed by atoms with Gasteiger partial charge in [0.2, 0.25) is 11.8 Å². The van der Waals surface area contributed by atoms with E-state index >= 15 is 0 Å². The number of nitrogens with one attached hydrogen (secondary N) is 4. The number of amides is 4. The molecule has 16 heteroatoms. The summed E-state index contributed by atoms with van der Waals surface area (Å²) in [6.07, 6.45) is 5.17. The SMILES string of the molecule is CC[C@H](C)C(NC(=O)OC)C(=O)N1C[C@@H](COC)C[C@H]1c1ncc(-c2ccc(-c3ccc(-c4cnc([C@@H]5CC[C@H](C)N5C(=O)[C@@H](NC(=O)OC)[C@@H](CC)OC)[nH]4)cc3)cc2)[nH]1. The number of imidazole rings is 2. The third-order valence-electron chi connectivity index (χ3n) is 12.3. The maximum atomic E-state index is 14.0. The summed E-state index contributed by atoms with van der Waals surface area (Å²) in [5, 5.41) is 5.45. The number of benzene rings is 2. The van der Waals surface area contributed by atoms with Crippen molar-refractivity contribution < 1.29 is 38.1 Å². The van der Waals surface area contributed by atoms with Crippen LogP contribution in [0.3, 0.4) is 0 Å². The zero-order chi connectivity index (χ0) is 43.8. The summed E-state index contributed by atoms with van der Waals surface area (Å²) >= 11 is 0. The number of ether oxygens (including phenoxy) is 4. The molecule has 0 spiro atoms. The average Bonchev–Trinajstić information content (AvgIpc) is 4.12. The highest BCUT2D eigenvalue weighted by Crippen LogP contribution is 2.38. The molecule has 61 heavy (non-hydrogen) atoms. The Hall–Kier alpha value is -5.74. The monoisotopic (exact) mass is 840 g/mol. The van der Waals surface area contributed by atoms with E-state index in [4.69, 9.17) is 28.9 Å². The summed E-state index contributed by atoms with van der Waals surface area (Å²) < 4.78 is 20.7. The van der Waals surface area contributed by atoms with Crippen LogP contribution in [0, 0.1) is 11.8 Å². The highest BCUT2D eigenvalue weighted by molar-refractivity contribution is 5.87. The second-order valence-corrected chi connectivity index (χ2v) is 16.1. The second-order valence-electron chi connectivity index (χ2n) is 16.1. The van der Waals surface area contributed by atoms with Gasteiger partial charge in [-0.15, -0.1) is 0 Å². The molecule has 2 aliphatic heterocycles. The molecule has 8 atom stereocenters. The molecule has 2 aliphatic rings. The zero-order valence-corrected chi connectivity index (χ0v) is 36.4. The van der Waals surface area contributed by atoms with Crippen molar-refractivity contribution in [2.24, 2.45) is 11.8 Å². The van der Waals surface area contributed by atoms with Crippen LogP contribution in [-0.4, -0.2) is 120 Å². The first-order valence-corrected chi connectivity index (χ1v) is 21.1. The summed E-state index contributed by atoms with van der Waals surface area (Å²) in [5.41, 5.74) is 5.64. The van der Waals surface area contributed by atoms with Gasteiger partial charge in [0.05, 0.1) is 62.8 Å². The first kappa shape index (κ1) is 44.8. The minimum Gasteiger partial charge on any atom is -0.453 e. The molecule has 4 amide bonds. The van der Waals surface area contributed by atoms with Crippen LogP contribution < -0.4 is 10.6 Å². The van der Waals surface area contributed by atoms with Crippen LogP contribution in [0.15, 0.2) is 60.9 Å². The zero-order valence-electron chi connectivity index (χ0n) is 36.4. The Morgan fingerprint density at radius 3 is 1.75 bits per heavy atom. The third-order valence-corrected chi connectivity index (χ3v) is 12.3. The van der Waals surface area contributed by atoms with Crippen molar-refractivity contribution in [3.8, 4) is 33.6 Å². The number of methoxy groups -OCH3 is 4. The van der Waals surface area contributed by atoms with Crippen molar-refractivity contribution >= 4 is 24.0 Å². The number of carbonyl (C=O) groups excluding carboxylic acids is 4. The molecule has 0 bridgehead atoms. The van der Waals surface area contributed by atoms with Crippen LogP contribution in [0.1, 0.15) is 83.5 Å². The van der Waals surface area contributed by atoms with Gasteiger partial charge in [-0.2, -0.15) is 0 Å². The molecule has 1 unspecified atom stereocenters. The van der Waals surface area contributed by atoms with Crippen LogP contribution >= 0.6 is 0 Å². The fourth-order valence-corrected chi connectivity index (χ4v) is 8.64. The topological polar surface area (TPSA) is 193 Å². The summed E-state index contributed by atoms with van der Waals surface area (Å²) in [7, 11) is 5.75. The predicted octanol–water partition coefficient (Wildman–Crippen LogP) is 6.64. The Labute approximate surface area is 357 Å². The minimum atomic E-state index is -0.903. The molecule has 0 saturated carbocycles. The maximum absolute atomic E-state index is 14.0. The molecule has 6 rings (SSSR count). The number of carbonyl (C=O) groups is 4. The smallest absolute Gasteiger partial charge is 0.407 e. The van der Waals surface area contributed by atoms with Crippen LogP contribution in [0.25, 0.3) is 33.6 Å². The lowest BCUT2D eigenvalue weighted by atomic mass is 9.97. The van der Waals surface area contributed by atoms with Gasteiger partial charge in [-0.25, -0.2) is 19.6 Å². The molecule has 2 aromatic carbocycles. The Kier molecular flexibility index (Phi) is 14.8. The van der Waals surface area contributed by atoms with Crippen LogP contribution in [0.5, 0.6) is 0 Å². The summed E-state index contributed by atoms with van der Waals surface area (Å²) in [4.78, 5) is 72.5. The highest BCUT2D eigenvalue weighted by Gasteiger charge is 2.44. The van der Waals surface area contributed by atoms with E-state index < -0.39 is 30.4 Å². The van der Waals surface area contributed by atoms with E-state index in [9.17, 15) is 19.2 Å². The lowest BCUT2D eigenvalue weighted by Crippen LogP contribution is -2.55. The van der Waals surface area contributed by atoms with Crippen molar-refractivity contribution in [1.29, 1.82) is 0 Å². The molecular formula is C45H60N8O8. The Balaban J connectivity index is 1.15. The number of H-pyrrole nitrogens is 2.